The molecule has 1 heterocycles. The monoisotopic (exact) mass is 192 g/mol. The average Bonchev–Trinajstić information content (AvgIpc) is 2.83. The molecule has 0 saturated heterocycles. The van der Waals surface area contributed by atoms with Gasteiger partial charge in [-0.1, -0.05) is 20.8 Å². The maximum absolute atomic E-state index is 5.55. The third-order valence-electron chi connectivity index (χ3n) is 2.40. The molecule has 0 atom stereocenters. The molecule has 0 bridgehead atoms. The van der Waals surface area contributed by atoms with Crippen LogP contribution >= 0.6 is 0 Å². The van der Waals surface area contributed by atoms with Crippen molar-refractivity contribution in [1.82, 2.24) is 15.2 Å². The first-order valence-corrected chi connectivity index (χ1v) is 4.99. The van der Waals surface area contributed by atoms with E-state index in [1.54, 1.807) is 0 Å². The van der Waals surface area contributed by atoms with E-state index in [4.69, 9.17) is 5.73 Å². The van der Waals surface area contributed by atoms with Crippen molar-refractivity contribution in [2.45, 2.75) is 44.9 Å². The van der Waals surface area contributed by atoms with Gasteiger partial charge in [0.25, 0.3) is 0 Å². The van der Waals surface area contributed by atoms with Crippen LogP contribution in [0.25, 0.3) is 0 Å². The van der Waals surface area contributed by atoms with Gasteiger partial charge in [0.2, 0.25) is 5.95 Å². The standard InChI is InChI=1S/C10H16N4/c1-10(2,3)8-7(6-4-5-6)12-9(11)14-13-8/h6H,4-5H2,1-3H3,(H2,11,12,14). The van der Waals surface area contributed by atoms with Crippen LogP contribution in [0.5, 0.6) is 0 Å². The molecule has 2 N–H and O–H groups in total. The Bertz CT molecular complexity index is 350. The van der Waals surface area contributed by atoms with Crippen molar-refractivity contribution in [2.75, 3.05) is 5.73 Å². The second-order valence-corrected chi connectivity index (χ2v) is 4.93. The molecule has 1 aromatic heterocycles. The van der Waals surface area contributed by atoms with E-state index in [0.717, 1.165) is 11.4 Å². The fourth-order valence-corrected chi connectivity index (χ4v) is 1.53. The molecule has 0 amide bonds. The summed E-state index contributed by atoms with van der Waals surface area (Å²) in [6.45, 7) is 6.38. The highest BCUT2D eigenvalue weighted by molar-refractivity contribution is 5.29. The molecule has 0 aliphatic heterocycles. The fourth-order valence-electron chi connectivity index (χ4n) is 1.53. The molecule has 4 nitrogen and oxygen atoms in total. The summed E-state index contributed by atoms with van der Waals surface area (Å²) >= 11 is 0. The van der Waals surface area contributed by atoms with Gasteiger partial charge in [-0.05, 0) is 12.8 Å². The van der Waals surface area contributed by atoms with Gasteiger partial charge < -0.3 is 5.73 Å². The molecule has 0 spiro atoms. The molecule has 1 fully saturated rings. The zero-order chi connectivity index (χ0) is 10.3. The summed E-state index contributed by atoms with van der Waals surface area (Å²) in [6, 6.07) is 0. The number of nitrogen functional groups attached to an aromatic ring is 1. The van der Waals surface area contributed by atoms with Gasteiger partial charge >= 0.3 is 0 Å². The number of aromatic nitrogens is 3. The van der Waals surface area contributed by atoms with Gasteiger partial charge in [0.15, 0.2) is 0 Å². The minimum absolute atomic E-state index is 0.00558. The third kappa shape index (κ3) is 1.69. The largest absolute Gasteiger partial charge is 0.366 e. The maximum atomic E-state index is 5.55. The molecule has 1 aliphatic rings. The topological polar surface area (TPSA) is 64.7 Å². The van der Waals surface area contributed by atoms with E-state index in [1.165, 1.54) is 12.8 Å². The lowest BCUT2D eigenvalue weighted by Gasteiger charge is -2.19. The van der Waals surface area contributed by atoms with Crippen molar-refractivity contribution in [3.63, 3.8) is 0 Å². The summed E-state index contributed by atoms with van der Waals surface area (Å²) in [5.41, 5.74) is 7.61. The van der Waals surface area contributed by atoms with Gasteiger partial charge in [-0.15, -0.1) is 10.2 Å². The van der Waals surface area contributed by atoms with Crippen LogP contribution in [-0.2, 0) is 5.41 Å². The number of nitrogens with two attached hydrogens (primary N) is 1. The second-order valence-electron chi connectivity index (χ2n) is 4.93. The predicted octanol–water partition coefficient (Wildman–Crippen LogP) is 1.63. The maximum Gasteiger partial charge on any atom is 0.240 e. The Hall–Kier alpha value is -1.19. The van der Waals surface area contributed by atoms with Crippen LogP contribution in [0.1, 0.15) is 50.9 Å². The van der Waals surface area contributed by atoms with Crippen LogP contribution in [0.3, 0.4) is 0 Å². The Morgan fingerprint density at radius 3 is 2.36 bits per heavy atom. The first-order valence-electron chi connectivity index (χ1n) is 4.99. The van der Waals surface area contributed by atoms with E-state index < -0.39 is 0 Å². The Morgan fingerprint density at radius 1 is 1.21 bits per heavy atom. The van der Waals surface area contributed by atoms with E-state index >= 15 is 0 Å². The van der Waals surface area contributed by atoms with E-state index in [1.807, 2.05) is 0 Å². The quantitative estimate of drug-likeness (QED) is 0.734. The van der Waals surface area contributed by atoms with Crippen molar-refractivity contribution >= 4 is 5.95 Å². The van der Waals surface area contributed by atoms with E-state index in [2.05, 4.69) is 36.0 Å². The molecule has 76 valence electrons. The molecule has 0 aromatic carbocycles. The van der Waals surface area contributed by atoms with E-state index in [0.29, 0.717) is 11.9 Å². The van der Waals surface area contributed by atoms with Gasteiger partial charge in [0.05, 0.1) is 11.4 Å². The van der Waals surface area contributed by atoms with Crippen LogP contribution in [0.15, 0.2) is 0 Å². The minimum Gasteiger partial charge on any atom is -0.366 e. The lowest BCUT2D eigenvalue weighted by Crippen LogP contribution is -2.19. The molecule has 2 rings (SSSR count). The normalized spacial score (nSPS) is 17.1. The first-order chi connectivity index (χ1) is 6.48. The van der Waals surface area contributed by atoms with Crippen molar-refractivity contribution < 1.29 is 0 Å². The predicted molar refractivity (Wildman–Crippen MR) is 54.9 cm³/mol. The lowest BCUT2D eigenvalue weighted by molar-refractivity contribution is 0.543. The molecule has 1 aliphatic carbocycles. The molecular formula is C10H16N4. The summed E-state index contributed by atoms with van der Waals surface area (Å²) in [5, 5.41) is 8.01. The van der Waals surface area contributed by atoms with Gasteiger partial charge in [-0.25, -0.2) is 4.98 Å². The third-order valence-corrected chi connectivity index (χ3v) is 2.40. The molecule has 4 heteroatoms. The summed E-state index contributed by atoms with van der Waals surface area (Å²) < 4.78 is 0. The number of nitrogens with zero attached hydrogens (tertiary/aromatic N) is 3. The lowest BCUT2D eigenvalue weighted by atomic mass is 9.89. The van der Waals surface area contributed by atoms with E-state index in [9.17, 15) is 0 Å². The summed E-state index contributed by atoms with van der Waals surface area (Å²) in [7, 11) is 0. The van der Waals surface area contributed by atoms with Gasteiger partial charge in [0.1, 0.15) is 0 Å². The van der Waals surface area contributed by atoms with E-state index in [-0.39, 0.29) is 5.41 Å². The molecular weight excluding hydrogens is 176 g/mol. The smallest absolute Gasteiger partial charge is 0.240 e. The second kappa shape index (κ2) is 2.90. The van der Waals surface area contributed by atoms with Crippen LogP contribution < -0.4 is 5.73 Å². The number of hydrogen-bond donors (Lipinski definition) is 1. The molecule has 0 radical (unpaired) electrons. The summed E-state index contributed by atoms with van der Waals surface area (Å²) in [5.74, 6) is 0.863. The van der Waals surface area contributed by atoms with Gasteiger partial charge in [0, 0.05) is 11.3 Å². The van der Waals surface area contributed by atoms with Gasteiger partial charge in [-0.2, -0.15) is 0 Å². The molecule has 14 heavy (non-hydrogen) atoms. The highest BCUT2D eigenvalue weighted by atomic mass is 15.2. The van der Waals surface area contributed by atoms with Crippen molar-refractivity contribution in [3.8, 4) is 0 Å². The zero-order valence-corrected chi connectivity index (χ0v) is 8.91. The Labute approximate surface area is 83.9 Å². The van der Waals surface area contributed by atoms with Crippen molar-refractivity contribution in [2.24, 2.45) is 0 Å². The van der Waals surface area contributed by atoms with Crippen molar-refractivity contribution in [1.29, 1.82) is 0 Å². The Balaban J connectivity index is 2.47. The summed E-state index contributed by atoms with van der Waals surface area (Å²) in [4.78, 5) is 4.31. The van der Waals surface area contributed by atoms with Crippen LogP contribution in [0.2, 0.25) is 0 Å². The van der Waals surface area contributed by atoms with Crippen LogP contribution in [0, 0.1) is 0 Å². The van der Waals surface area contributed by atoms with Crippen LogP contribution in [-0.4, -0.2) is 15.2 Å². The highest BCUT2D eigenvalue weighted by Gasteiger charge is 2.32. The molecule has 0 unspecified atom stereocenters. The van der Waals surface area contributed by atoms with Crippen molar-refractivity contribution in [3.05, 3.63) is 11.4 Å². The number of anilines is 1. The molecule has 1 aromatic rings. The SMILES string of the molecule is CC(C)(C)c1nnc(N)nc1C1CC1. The molecule has 1 saturated carbocycles. The Morgan fingerprint density at radius 2 is 1.86 bits per heavy atom. The highest BCUT2D eigenvalue weighted by Crippen LogP contribution is 2.42. The number of rotatable bonds is 1. The minimum atomic E-state index is 0.00558. The summed E-state index contributed by atoms with van der Waals surface area (Å²) in [6.07, 6.45) is 2.42. The number of hydrogen-bond acceptors (Lipinski definition) is 4. The zero-order valence-electron chi connectivity index (χ0n) is 8.91. The first kappa shape index (κ1) is 9.37. The van der Waals surface area contributed by atoms with Crippen LogP contribution in [0.4, 0.5) is 5.95 Å². The van der Waals surface area contributed by atoms with Gasteiger partial charge in [-0.3, -0.25) is 0 Å². The fraction of sp³-hybridized carbons (Fsp3) is 0.700. The average molecular weight is 192 g/mol. The Kier molecular flexibility index (Phi) is 1.94.